The van der Waals surface area contributed by atoms with E-state index in [4.69, 9.17) is 5.11 Å². The number of benzene rings is 2. The molecule has 2 aromatic carbocycles. The number of aliphatic hydroxyl groups is 1. The molecule has 0 atom stereocenters. The summed E-state index contributed by atoms with van der Waals surface area (Å²) in [5.41, 5.74) is 2.39. The van der Waals surface area contributed by atoms with E-state index in [1.54, 1.807) is 18.2 Å². The molecule has 0 aliphatic carbocycles. The molecule has 2 N–H and O–H groups in total. The first-order valence-corrected chi connectivity index (χ1v) is 6.76. The molecule has 0 radical (unpaired) electrons. The predicted octanol–water partition coefficient (Wildman–Crippen LogP) is 3.64. The topological polar surface area (TPSA) is 49.3 Å². The number of anilines is 1. The van der Waals surface area contributed by atoms with Crippen LogP contribution in [0.25, 0.3) is 0 Å². The van der Waals surface area contributed by atoms with Crippen LogP contribution in [0.15, 0.2) is 40.9 Å². The van der Waals surface area contributed by atoms with Crippen molar-refractivity contribution in [3.05, 3.63) is 63.4 Å². The Balaban J connectivity index is 2.27. The Hall–Kier alpha value is -1.72. The van der Waals surface area contributed by atoms with Gasteiger partial charge in [-0.2, -0.15) is 0 Å². The Labute approximate surface area is 124 Å². The number of aryl methyl sites for hydroxylation is 1. The fourth-order valence-corrected chi connectivity index (χ4v) is 2.25. The molecule has 0 aliphatic rings. The predicted molar refractivity (Wildman–Crippen MR) is 79.2 cm³/mol. The number of hydrogen-bond donors (Lipinski definition) is 2. The average Bonchev–Trinajstić information content (AvgIpc) is 2.40. The molecule has 3 nitrogen and oxygen atoms in total. The highest BCUT2D eigenvalue weighted by Crippen LogP contribution is 2.20. The summed E-state index contributed by atoms with van der Waals surface area (Å²) >= 11 is 3.15. The molecule has 0 unspecified atom stereocenters. The number of aliphatic hydroxyl groups excluding tert-OH is 1. The zero-order chi connectivity index (χ0) is 14.7. The third-order valence-electron chi connectivity index (χ3n) is 2.86. The van der Waals surface area contributed by atoms with Gasteiger partial charge in [-0.3, -0.25) is 4.79 Å². The minimum absolute atomic E-state index is 0.103. The normalized spacial score (nSPS) is 10.4. The van der Waals surface area contributed by atoms with Gasteiger partial charge in [0.15, 0.2) is 0 Å². The Morgan fingerprint density at radius 2 is 2.05 bits per heavy atom. The molecule has 5 heteroatoms. The second-order valence-corrected chi connectivity index (χ2v) is 5.34. The maximum Gasteiger partial charge on any atom is 0.255 e. The largest absolute Gasteiger partial charge is 0.392 e. The van der Waals surface area contributed by atoms with E-state index in [0.29, 0.717) is 15.7 Å². The van der Waals surface area contributed by atoms with Crippen LogP contribution in [-0.4, -0.2) is 11.0 Å². The van der Waals surface area contributed by atoms with E-state index in [0.717, 1.165) is 5.56 Å². The number of nitrogens with one attached hydrogen (secondary N) is 1. The Bertz CT molecular complexity index is 638. The van der Waals surface area contributed by atoms with Crippen LogP contribution >= 0.6 is 15.9 Å². The summed E-state index contributed by atoms with van der Waals surface area (Å²) in [6, 6.07) is 9.29. The van der Waals surface area contributed by atoms with Crippen molar-refractivity contribution in [2.24, 2.45) is 0 Å². The van der Waals surface area contributed by atoms with Gasteiger partial charge in [0.05, 0.1) is 6.61 Å². The molecule has 0 saturated heterocycles. The van der Waals surface area contributed by atoms with Crippen molar-refractivity contribution < 1.29 is 14.3 Å². The fourth-order valence-electron chi connectivity index (χ4n) is 1.78. The Morgan fingerprint density at radius 1 is 1.30 bits per heavy atom. The van der Waals surface area contributed by atoms with Gasteiger partial charge in [-0.1, -0.05) is 28.1 Å². The molecule has 0 aromatic heterocycles. The summed E-state index contributed by atoms with van der Waals surface area (Å²) in [6.45, 7) is 1.74. The highest BCUT2D eigenvalue weighted by molar-refractivity contribution is 9.10. The SMILES string of the molecule is Cc1ccc(CO)cc1NC(=O)c1cc(F)cc(Br)c1. The maximum absolute atomic E-state index is 13.3. The quantitative estimate of drug-likeness (QED) is 0.898. The average molecular weight is 338 g/mol. The molecule has 1 amide bonds. The zero-order valence-electron chi connectivity index (χ0n) is 10.8. The highest BCUT2D eigenvalue weighted by atomic mass is 79.9. The smallest absolute Gasteiger partial charge is 0.255 e. The first-order valence-electron chi connectivity index (χ1n) is 5.97. The molecule has 20 heavy (non-hydrogen) atoms. The van der Waals surface area contributed by atoms with E-state index in [1.165, 1.54) is 12.1 Å². The number of halogens is 2. The van der Waals surface area contributed by atoms with Gasteiger partial charge in [0, 0.05) is 15.7 Å². The van der Waals surface area contributed by atoms with Gasteiger partial charge in [0.1, 0.15) is 5.82 Å². The monoisotopic (exact) mass is 337 g/mol. The molecule has 0 spiro atoms. The second kappa shape index (κ2) is 6.15. The van der Waals surface area contributed by atoms with Crippen LogP contribution in [0, 0.1) is 12.7 Å². The molecule has 2 rings (SSSR count). The lowest BCUT2D eigenvalue weighted by Crippen LogP contribution is -2.13. The zero-order valence-corrected chi connectivity index (χ0v) is 12.4. The summed E-state index contributed by atoms with van der Waals surface area (Å²) in [5, 5.41) is 11.8. The summed E-state index contributed by atoms with van der Waals surface area (Å²) in [4.78, 5) is 12.1. The van der Waals surface area contributed by atoms with Crippen molar-refractivity contribution in [3.8, 4) is 0 Å². The summed E-state index contributed by atoms with van der Waals surface area (Å²) in [5.74, 6) is -0.881. The van der Waals surface area contributed by atoms with Gasteiger partial charge in [0.2, 0.25) is 0 Å². The number of carbonyl (C=O) groups excluding carboxylic acids is 1. The van der Waals surface area contributed by atoms with E-state index in [9.17, 15) is 9.18 Å². The molecular weight excluding hydrogens is 325 g/mol. The van der Waals surface area contributed by atoms with Crippen molar-refractivity contribution in [3.63, 3.8) is 0 Å². The van der Waals surface area contributed by atoms with Crippen LogP contribution in [0.5, 0.6) is 0 Å². The Morgan fingerprint density at radius 3 is 2.70 bits per heavy atom. The van der Waals surface area contributed by atoms with Crippen LogP contribution in [-0.2, 0) is 6.61 Å². The van der Waals surface area contributed by atoms with Crippen molar-refractivity contribution >= 4 is 27.5 Å². The van der Waals surface area contributed by atoms with E-state index < -0.39 is 11.7 Å². The summed E-state index contributed by atoms with van der Waals surface area (Å²) in [7, 11) is 0. The van der Waals surface area contributed by atoms with Gasteiger partial charge >= 0.3 is 0 Å². The van der Waals surface area contributed by atoms with Gasteiger partial charge in [-0.25, -0.2) is 4.39 Å². The number of amides is 1. The number of rotatable bonds is 3. The van der Waals surface area contributed by atoms with Crippen LogP contribution in [0.2, 0.25) is 0 Å². The minimum Gasteiger partial charge on any atom is -0.392 e. The lowest BCUT2D eigenvalue weighted by atomic mass is 10.1. The first-order chi connectivity index (χ1) is 9.49. The fraction of sp³-hybridized carbons (Fsp3) is 0.133. The standard InChI is InChI=1S/C15H13BrFNO2/c1-9-2-3-10(8-19)4-14(9)18-15(20)11-5-12(16)7-13(17)6-11/h2-7,19H,8H2,1H3,(H,18,20). The van der Waals surface area contributed by atoms with Gasteiger partial charge in [-0.05, 0) is 42.3 Å². The van der Waals surface area contributed by atoms with Crippen molar-refractivity contribution in [1.82, 2.24) is 0 Å². The Kier molecular flexibility index (Phi) is 4.52. The second-order valence-electron chi connectivity index (χ2n) is 4.42. The molecule has 0 aliphatic heterocycles. The molecule has 0 fully saturated rings. The highest BCUT2D eigenvalue weighted by Gasteiger charge is 2.10. The van der Waals surface area contributed by atoms with Crippen LogP contribution < -0.4 is 5.32 Å². The van der Waals surface area contributed by atoms with Crippen molar-refractivity contribution in [2.45, 2.75) is 13.5 Å². The molecule has 0 heterocycles. The molecule has 2 aromatic rings. The van der Waals surface area contributed by atoms with E-state index in [2.05, 4.69) is 21.2 Å². The van der Waals surface area contributed by atoms with Gasteiger partial charge in [-0.15, -0.1) is 0 Å². The van der Waals surface area contributed by atoms with E-state index in [-0.39, 0.29) is 12.2 Å². The van der Waals surface area contributed by atoms with E-state index >= 15 is 0 Å². The van der Waals surface area contributed by atoms with Crippen LogP contribution in [0.4, 0.5) is 10.1 Å². The van der Waals surface area contributed by atoms with Crippen molar-refractivity contribution in [2.75, 3.05) is 5.32 Å². The summed E-state index contributed by atoms with van der Waals surface area (Å²) in [6.07, 6.45) is 0. The van der Waals surface area contributed by atoms with Crippen LogP contribution in [0.3, 0.4) is 0 Å². The lowest BCUT2D eigenvalue weighted by molar-refractivity contribution is 0.102. The first kappa shape index (κ1) is 14.7. The van der Waals surface area contributed by atoms with E-state index in [1.807, 2.05) is 13.0 Å². The molecule has 0 bridgehead atoms. The lowest BCUT2D eigenvalue weighted by Gasteiger charge is -2.10. The molecular formula is C15H13BrFNO2. The van der Waals surface area contributed by atoms with Gasteiger partial charge < -0.3 is 10.4 Å². The third kappa shape index (κ3) is 3.43. The number of carbonyl (C=O) groups is 1. The maximum atomic E-state index is 13.3. The molecule has 0 saturated carbocycles. The van der Waals surface area contributed by atoms with Crippen molar-refractivity contribution in [1.29, 1.82) is 0 Å². The van der Waals surface area contributed by atoms with Gasteiger partial charge in [0.25, 0.3) is 5.91 Å². The minimum atomic E-state index is -0.481. The third-order valence-corrected chi connectivity index (χ3v) is 3.32. The number of hydrogen-bond acceptors (Lipinski definition) is 2. The molecule has 104 valence electrons. The van der Waals surface area contributed by atoms with Crippen LogP contribution in [0.1, 0.15) is 21.5 Å². The summed E-state index contributed by atoms with van der Waals surface area (Å²) < 4.78 is 13.8.